The zero-order valence-corrected chi connectivity index (χ0v) is 19.4. The quantitative estimate of drug-likeness (QED) is 0.735. The Morgan fingerprint density at radius 3 is 1.59 bits per heavy atom. The summed E-state index contributed by atoms with van der Waals surface area (Å²) >= 11 is 0. The van der Waals surface area contributed by atoms with Crippen molar-refractivity contribution in [3.63, 3.8) is 0 Å². The maximum Gasteiger partial charge on any atom is 0.338 e. The molecule has 0 bridgehead atoms. The highest BCUT2D eigenvalue weighted by Crippen LogP contribution is 2.23. The Morgan fingerprint density at radius 1 is 0.909 bits per heavy atom. The van der Waals surface area contributed by atoms with Crippen LogP contribution in [0.3, 0.4) is 0 Å². The highest BCUT2D eigenvalue weighted by atomic mass is 28.4. The van der Waals surface area contributed by atoms with Crippen LogP contribution in [0.25, 0.3) is 0 Å². The van der Waals surface area contributed by atoms with E-state index in [9.17, 15) is 0 Å². The van der Waals surface area contributed by atoms with Crippen molar-refractivity contribution in [3.8, 4) is 0 Å². The molecule has 0 atom stereocenters. The summed E-state index contributed by atoms with van der Waals surface area (Å²) in [6.07, 6.45) is 2.37. The third-order valence-electron chi connectivity index (χ3n) is 3.60. The fraction of sp³-hybridized carbons (Fsp3) is 1.00. The summed E-state index contributed by atoms with van der Waals surface area (Å²) in [6.45, 7) is 17.5. The van der Waals surface area contributed by atoms with Gasteiger partial charge in [0.15, 0.2) is 0 Å². The molecule has 0 radical (unpaired) electrons. The van der Waals surface area contributed by atoms with Crippen molar-refractivity contribution in [1.82, 2.24) is 9.55 Å². The maximum absolute atomic E-state index is 6.10. The van der Waals surface area contributed by atoms with Crippen LogP contribution in [0.4, 0.5) is 0 Å². The zero-order chi connectivity index (χ0) is 17.0. The van der Waals surface area contributed by atoms with Crippen LogP contribution in [-0.2, 0) is 8.85 Å². The fourth-order valence-electron chi connectivity index (χ4n) is 2.77. The van der Waals surface area contributed by atoms with Crippen molar-refractivity contribution < 1.29 is 8.85 Å². The molecule has 0 aromatic heterocycles. The molecular weight excluding hydrogens is 324 g/mol. The molecule has 0 spiro atoms. The number of nitrogens with one attached hydrogen (secondary N) is 1. The van der Waals surface area contributed by atoms with E-state index in [2.05, 4.69) is 56.6 Å². The van der Waals surface area contributed by atoms with Gasteiger partial charge in [-0.15, -0.1) is 0 Å². The van der Waals surface area contributed by atoms with Gasteiger partial charge in [-0.05, 0) is 19.1 Å². The maximum atomic E-state index is 6.10. The molecule has 1 saturated heterocycles. The molecule has 1 aliphatic heterocycles. The summed E-state index contributed by atoms with van der Waals surface area (Å²) in [4.78, 5) is 2.27. The van der Waals surface area contributed by atoms with E-state index < -0.39 is 26.5 Å². The van der Waals surface area contributed by atoms with Gasteiger partial charge in [-0.2, -0.15) is 0 Å². The van der Waals surface area contributed by atoms with Crippen molar-refractivity contribution in [2.45, 2.75) is 65.0 Å². The van der Waals surface area contributed by atoms with E-state index in [1.807, 2.05) is 0 Å². The molecule has 7 heteroatoms. The van der Waals surface area contributed by atoms with E-state index in [1.54, 1.807) is 0 Å². The molecule has 0 saturated carbocycles. The standard InChI is InChI=1S/C11H25NO2Si.C4H15NSi2/c1-4-10-15(11-5-2)13-8-6-12(3)7-9-14-15;1-6(2)5-7(3)4/h4-11H2,1-3H3;5-7H,1-4H3. The Hall–Kier alpha value is 0.491. The van der Waals surface area contributed by atoms with E-state index in [-0.39, 0.29) is 0 Å². The first-order valence-corrected chi connectivity index (χ1v) is 17.1. The van der Waals surface area contributed by atoms with Crippen LogP contribution in [0.1, 0.15) is 26.7 Å². The van der Waals surface area contributed by atoms with Gasteiger partial charge in [0.2, 0.25) is 0 Å². The minimum atomic E-state index is -1.82. The number of rotatable bonds is 6. The normalized spacial score (nSPS) is 19.5. The molecule has 0 aliphatic carbocycles. The average molecular weight is 365 g/mol. The van der Waals surface area contributed by atoms with Crippen molar-refractivity contribution in [2.75, 3.05) is 33.4 Å². The van der Waals surface area contributed by atoms with Gasteiger partial charge in [0.25, 0.3) is 0 Å². The molecule has 22 heavy (non-hydrogen) atoms. The molecule has 134 valence electrons. The summed E-state index contributed by atoms with van der Waals surface area (Å²) in [5.41, 5.74) is 0. The van der Waals surface area contributed by atoms with Crippen LogP contribution >= 0.6 is 0 Å². The lowest BCUT2D eigenvalue weighted by molar-refractivity contribution is 0.104. The van der Waals surface area contributed by atoms with Crippen molar-refractivity contribution in [1.29, 1.82) is 0 Å². The lowest BCUT2D eigenvalue weighted by Crippen LogP contribution is -2.47. The van der Waals surface area contributed by atoms with Gasteiger partial charge in [0.05, 0.1) is 17.9 Å². The monoisotopic (exact) mass is 364 g/mol. The molecule has 1 heterocycles. The zero-order valence-electron chi connectivity index (χ0n) is 16.1. The Balaban J connectivity index is 0.000000534. The van der Waals surface area contributed by atoms with Crippen LogP contribution in [0.15, 0.2) is 0 Å². The molecule has 1 rings (SSSR count). The van der Waals surface area contributed by atoms with Gasteiger partial charge in [-0.25, -0.2) is 0 Å². The average Bonchev–Trinajstić information content (AvgIpc) is 2.36. The van der Waals surface area contributed by atoms with Gasteiger partial charge < -0.3 is 18.4 Å². The van der Waals surface area contributed by atoms with Gasteiger partial charge >= 0.3 is 8.56 Å². The third-order valence-corrected chi connectivity index (χ3v) is 12.9. The largest absolute Gasteiger partial charge is 0.393 e. The predicted octanol–water partition coefficient (Wildman–Crippen LogP) is 2.77. The van der Waals surface area contributed by atoms with Crippen molar-refractivity contribution in [2.24, 2.45) is 0 Å². The molecule has 4 nitrogen and oxygen atoms in total. The topological polar surface area (TPSA) is 33.7 Å². The minimum absolute atomic E-state index is 0.417. The van der Waals surface area contributed by atoms with Crippen LogP contribution in [-0.4, -0.2) is 64.7 Å². The summed E-state index contributed by atoms with van der Waals surface area (Å²) in [7, 11) is -0.529. The van der Waals surface area contributed by atoms with E-state index >= 15 is 0 Å². The lowest BCUT2D eigenvalue weighted by atomic mass is 10.5. The second-order valence-corrected chi connectivity index (χ2v) is 16.2. The molecule has 1 N–H and O–H groups in total. The highest BCUT2D eigenvalue weighted by molar-refractivity contribution is 6.70. The summed E-state index contributed by atoms with van der Waals surface area (Å²) in [5.74, 6) is 0. The van der Waals surface area contributed by atoms with Crippen LogP contribution < -0.4 is 4.65 Å². The van der Waals surface area contributed by atoms with Gasteiger partial charge in [0.1, 0.15) is 0 Å². The van der Waals surface area contributed by atoms with Crippen molar-refractivity contribution >= 4 is 26.5 Å². The van der Waals surface area contributed by atoms with E-state index in [1.165, 1.54) is 12.8 Å². The molecule has 0 aromatic rings. The Bertz CT molecular complexity index is 245. The second kappa shape index (κ2) is 12.9. The highest BCUT2D eigenvalue weighted by Gasteiger charge is 2.36. The lowest BCUT2D eigenvalue weighted by Gasteiger charge is -2.34. The van der Waals surface area contributed by atoms with E-state index in [4.69, 9.17) is 8.85 Å². The molecular formula is C15H40N2O2Si3. The molecule has 1 aliphatic rings. The first-order valence-electron chi connectivity index (χ1n) is 9.07. The first kappa shape index (κ1) is 22.5. The Labute approximate surface area is 143 Å². The van der Waals surface area contributed by atoms with Crippen molar-refractivity contribution in [3.05, 3.63) is 0 Å². The minimum Gasteiger partial charge on any atom is -0.393 e. The Morgan fingerprint density at radius 2 is 1.32 bits per heavy atom. The molecule has 1 fully saturated rings. The summed E-state index contributed by atoms with van der Waals surface area (Å²) in [5, 5.41) is 0. The second-order valence-electron chi connectivity index (χ2n) is 6.89. The summed E-state index contributed by atoms with van der Waals surface area (Å²) < 4.78 is 15.8. The fourth-order valence-corrected chi connectivity index (χ4v) is 11.5. The summed E-state index contributed by atoms with van der Waals surface area (Å²) in [6, 6.07) is 2.31. The molecule has 0 aromatic carbocycles. The number of hydrogen-bond donors (Lipinski definition) is 1. The SMILES string of the molecule is CCC[Si]1(CCC)OCCN(C)CCO1.C[SiH](C)N[SiH](C)C. The number of likely N-dealkylation sites (N-methyl/N-ethyl adjacent to an activating group) is 1. The van der Waals surface area contributed by atoms with Crippen LogP contribution in [0.2, 0.25) is 38.3 Å². The van der Waals surface area contributed by atoms with Gasteiger partial charge in [0, 0.05) is 26.3 Å². The smallest absolute Gasteiger partial charge is 0.338 e. The van der Waals surface area contributed by atoms with Gasteiger partial charge in [-0.3, -0.25) is 0 Å². The first-order chi connectivity index (χ1) is 10.3. The predicted molar refractivity (Wildman–Crippen MR) is 106 cm³/mol. The molecule has 0 amide bonds. The number of nitrogens with zero attached hydrogens (tertiary/aromatic N) is 1. The van der Waals surface area contributed by atoms with E-state index in [0.29, 0.717) is 0 Å². The van der Waals surface area contributed by atoms with E-state index in [0.717, 1.165) is 38.4 Å². The van der Waals surface area contributed by atoms with Crippen LogP contribution in [0.5, 0.6) is 0 Å². The van der Waals surface area contributed by atoms with Crippen LogP contribution in [0, 0.1) is 0 Å². The number of hydrogen-bond acceptors (Lipinski definition) is 4. The third kappa shape index (κ3) is 11.1. The molecule has 0 unspecified atom stereocenters. The Kier molecular flexibility index (Phi) is 13.1. The van der Waals surface area contributed by atoms with Gasteiger partial charge in [-0.1, -0.05) is 52.9 Å².